The average molecular weight is 395 g/mol. The van der Waals surface area contributed by atoms with Crippen LogP contribution in [0, 0.1) is 0 Å². The van der Waals surface area contributed by atoms with Crippen molar-refractivity contribution >= 4 is 50.7 Å². The van der Waals surface area contributed by atoms with Gasteiger partial charge in [-0.15, -0.1) is 11.3 Å². The van der Waals surface area contributed by atoms with Crippen molar-refractivity contribution in [1.82, 2.24) is 10.3 Å². The predicted molar refractivity (Wildman–Crippen MR) is 103 cm³/mol. The maximum Gasteiger partial charge on any atom is 0.220 e. The third-order valence-electron chi connectivity index (χ3n) is 3.47. The van der Waals surface area contributed by atoms with Crippen molar-refractivity contribution in [2.45, 2.75) is 19.4 Å². The molecule has 0 saturated heterocycles. The molecule has 0 atom stereocenters. The van der Waals surface area contributed by atoms with Crippen LogP contribution in [0.2, 0.25) is 10.0 Å². The molecule has 1 heterocycles. The molecule has 25 heavy (non-hydrogen) atoms. The smallest absolute Gasteiger partial charge is 0.220 e. The van der Waals surface area contributed by atoms with Gasteiger partial charge in [0.25, 0.3) is 0 Å². The van der Waals surface area contributed by atoms with Gasteiger partial charge in [0.05, 0.1) is 28.4 Å². The molecular weight excluding hydrogens is 379 g/mol. The molecule has 4 nitrogen and oxygen atoms in total. The summed E-state index contributed by atoms with van der Waals surface area (Å²) >= 11 is 13.5. The molecule has 3 aromatic rings. The van der Waals surface area contributed by atoms with E-state index >= 15 is 0 Å². The average Bonchev–Trinajstić information content (AvgIpc) is 3.01. The van der Waals surface area contributed by atoms with E-state index < -0.39 is 0 Å². The molecule has 1 amide bonds. The number of carbonyl (C=O) groups is 1. The summed E-state index contributed by atoms with van der Waals surface area (Å²) in [6.45, 7) is 0.859. The first-order chi connectivity index (χ1) is 12.1. The Labute approximate surface area is 159 Å². The highest BCUT2D eigenvalue weighted by Crippen LogP contribution is 2.27. The van der Waals surface area contributed by atoms with E-state index in [9.17, 15) is 4.79 Å². The van der Waals surface area contributed by atoms with Gasteiger partial charge >= 0.3 is 0 Å². The number of benzene rings is 2. The van der Waals surface area contributed by atoms with Gasteiger partial charge in [-0.1, -0.05) is 35.3 Å². The van der Waals surface area contributed by atoms with Crippen LogP contribution in [0.3, 0.4) is 0 Å². The van der Waals surface area contributed by atoms with Crippen molar-refractivity contribution in [2.24, 2.45) is 0 Å². The molecule has 2 aromatic carbocycles. The van der Waals surface area contributed by atoms with Crippen molar-refractivity contribution in [1.29, 1.82) is 0 Å². The van der Waals surface area contributed by atoms with Crippen LogP contribution in [0.25, 0.3) is 10.2 Å². The maximum atomic E-state index is 11.9. The number of nitrogens with zero attached hydrogens (tertiary/aromatic N) is 1. The zero-order valence-electron chi connectivity index (χ0n) is 13.3. The second-order valence-corrected chi connectivity index (χ2v) is 7.34. The number of carbonyl (C=O) groups excluding carboxylic acids is 1. The highest BCUT2D eigenvalue weighted by molar-refractivity contribution is 7.18. The molecule has 0 fully saturated rings. The first-order valence-corrected chi connectivity index (χ1v) is 9.38. The molecule has 130 valence electrons. The largest absolute Gasteiger partial charge is 0.492 e. The molecule has 1 aromatic heterocycles. The van der Waals surface area contributed by atoms with Gasteiger partial charge in [-0.2, -0.15) is 0 Å². The fourth-order valence-electron chi connectivity index (χ4n) is 2.27. The second-order valence-electron chi connectivity index (χ2n) is 5.38. The topological polar surface area (TPSA) is 51.2 Å². The minimum Gasteiger partial charge on any atom is -0.492 e. The Morgan fingerprint density at radius 2 is 2.04 bits per heavy atom. The first-order valence-electron chi connectivity index (χ1n) is 7.81. The van der Waals surface area contributed by atoms with Gasteiger partial charge in [0, 0.05) is 11.4 Å². The highest BCUT2D eigenvalue weighted by atomic mass is 35.5. The van der Waals surface area contributed by atoms with Crippen LogP contribution in [-0.4, -0.2) is 17.5 Å². The lowest BCUT2D eigenvalue weighted by atomic mass is 10.3. The number of nitrogens with one attached hydrogen (secondary N) is 1. The monoisotopic (exact) mass is 394 g/mol. The fraction of sp³-hybridized carbons (Fsp3) is 0.222. The number of amides is 1. The number of aromatic nitrogens is 1. The summed E-state index contributed by atoms with van der Waals surface area (Å²) in [5.74, 6) is 0.547. The zero-order valence-corrected chi connectivity index (χ0v) is 15.6. The number of fused-ring (bicyclic) bond motifs is 1. The van der Waals surface area contributed by atoms with E-state index in [1.165, 1.54) is 0 Å². The SMILES string of the molecule is O=C(CCCOc1ccc(Cl)cc1Cl)NCc1nc2ccccc2s1. The van der Waals surface area contributed by atoms with E-state index in [4.69, 9.17) is 27.9 Å². The molecule has 0 saturated carbocycles. The third-order valence-corrected chi connectivity index (χ3v) is 5.04. The van der Waals surface area contributed by atoms with E-state index in [-0.39, 0.29) is 5.91 Å². The Kier molecular flexibility index (Phi) is 6.13. The Morgan fingerprint density at radius 1 is 1.20 bits per heavy atom. The van der Waals surface area contributed by atoms with E-state index in [0.717, 1.165) is 15.2 Å². The minimum atomic E-state index is -0.0231. The number of hydrogen-bond donors (Lipinski definition) is 1. The molecule has 0 aliphatic rings. The van der Waals surface area contributed by atoms with Gasteiger partial charge < -0.3 is 10.1 Å². The van der Waals surface area contributed by atoms with E-state index in [1.807, 2.05) is 24.3 Å². The van der Waals surface area contributed by atoms with Crippen LogP contribution in [0.4, 0.5) is 0 Å². The molecule has 0 aliphatic heterocycles. The Balaban J connectivity index is 1.39. The van der Waals surface area contributed by atoms with Gasteiger partial charge in [-0.25, -0.2) is 4.98 Å². The number of thiazole rings is 1. The molecule has 0 spiro atoms. The van der Waals surface area contributed by atoms with Crippen molar-refractivity contribution < 1.29 is 9.53 Å². The Hall–Kier alpha value is -1.82. The quantitative estimate of drug-likeness (QED) is 0.568. The number of para-hydroxylation sites is 1. The number of rotatable bonds is 7. The van der Waals surface area contributed by atoms with Crippen molar-refractivity contribution in [3.05, 3.63) is 57.5 Å². The second kappa shape index (κ2) is 8.52. The van der Waals surface area contributed by atoms with Crippen LogP contribution in [0.15, 0.2) is 42.5 Å². The summed E-state index contributed by atoms with van der Waals surface area (Å²) in [6.07, 6.45) is 0.987. The van der Waals surface area contributed by atoms with Crippen molar-refractivity contribution in [3.8, 4) is 5.75 Å². The Morgan fingerprint density at radius 3 is 2.84 bits per heavy atom. The number of halogens is 2. The molecular formula is C18H16Cl2N2O2S. The van der Waals surface area contributed by atoms with E-state index in [1.54, 1.807) is 29.5 Å². The Bertz CT molecular complexity index is 849. The van der Waals surface area contributed by atoms with Gasteiger partial charge in [0.15, 0.2) is 0 Å². The summed E-state index contributed by atoms with van der Waals surface area (Å²) in [6, 6.07) is 13.0. The van der Waals surface area contributed by atoms with E-state index in [2.05, 4.69) is 10.3 Å². The summed E-state index contributed by atoms with van der Waals surface area (Å²) in [5.41, 5.74) is 0.963. The van der Waals surface area contributed by atoms with Gasteiger partial charge in [-0.3, -0.25) is 4.79 Å². The van der Waals surface area contributed by atoms with Crippen LogP contribution < -0.4 is 10.1 Å². The summed E-state index contributed by atoms with van der Waals surface area (Å²) < 4.78 is 6.69. The lowest BCUT2D eigenvalue weighted by Gasteiger charge is -2.08. The van der Waals surface area contributed by atoms with Crippen LogP contribution in [0.5, 0.6) is 5.75 Å². The molecule has 3 rings (SSSR count). The van der Waals surface area contributed by atoms with Gasteiger partial charge in [-0.05, 0) is 36.8 Å². The standard InChI is InChI=1S/C18H16Cl2N2O2S/c19-12-7-8-15(13(20)10-12)24-9-3-6-17(23)21-11-18-22-14-4-1-2-5-16(14)25-18/h1-2,4-5,7-8,10H,3,6,9,11H2,(H,21,23). The lowest BCUT2D eigenvalue weighted by molar-refractivity contribution is -0.121. The molecule has 0 unspecified atom stereocenters. The molecule has 0 radical (unpaired) electrons. The zero-order chi connectivity index (χ0) is 17.6. The molecule has 7 heteroatoms. The summed E-state index contributed by atoms with van der Waals surface area (Å²) in [7, 11) is 0. The normalized spacial score (nSPS) is 10.8. The first kappa shape index (κ1) is 18.0. The lowest BCUT2D eigenvalue weighted by Crippen LogP contribution is -2.22. The van der Waals surface area contributed by atoms with Crippen LogP contribution >= 0.6 is 34.5 Å². The highest BCUT2D eigenvalue weighted by Gasteiger charge is 2.07. The summed E-state index contributed by atoms with van der Waals surface area (Å²) in [4.78, 5) is 16.4. The van der Waals surface area contributed by atoms with Gasteiger partial charge in [0.1, 0.15) is 10.8 Å². The minimum absolute atomic E-state index is 0.0231. The van der Waals surface area contributed by atoms with E-state index in [0.29, 0.717) is 41.8 Å². The number of hydrogen-bond acceptors (Lipinski definition) is 4. The predicted octanol–water partition coefficient (Wildman–Crippen LogP) is 5.08. The van der Waals surface area contributed by atoms with Crippen LogP contribution in [0.1, 0.15) is 17.8 Å². The maximum absolute atomic E-state index is 11.9. The number of ether oxygens (including phenoxy) is 1. The third kappa shape index (κ3) is 5.08. The van der Waals surface area contributed by atoms with Crippen LogP contribution in [-0.2, 0) is 11.3 Å². The molecule has 0 bridgehead atoms. The van der Waals surface area contributed by atoms with Crippen molar-refractivity contribution in [2.75, 3.05) is 6.61 Å². The molecule has 1 N–H and O–H groups in total. The fourth-order valence-corrected chi connectivity index (χ4v) is 3.64. The summed E-state index contributed by atoms with van der Waals surface area (Å²) in [5, 5.41) is 4.82. The molecule has 0 aliphatic carbocycles. The van der Waals surface area contributed by atoms with Gasteiger partial charge in [0.2, 0.25) is 5.91 Å². The van der Waals surface area contributed by atoms with Crippen molar-refractivity contribution in [3.63, 3.8) is 0 Å².